The van der Waals surface area contributed by atoms with Crippen LogP contribution in [0.15, 0.2) is 24.3 Å². The van der Waals surface area contributed by atoms with Gasteiger partial charge >= 0.3 is 19.8 Å². The van der Waals surface area contributed by atoms with E-state index in [4.69, 9.17) is 13.8 Å². The molecule has 0 aliphatic carbocycles. The van der Waals surface area contributed by atoms with E-state index in [0.717, 1.165) is 64.2 Å². The van der Waals surface area contributed by atoms with Gasteiger partial charge in [0.1, 0.15) is 12.7 Å². The third-order valence-corrected chi connectivity index (χ3v) is 10.4. The summed E-state index contributed by atoms with van der Waals surface area (Å²) < 4.78 is 26.8. The Hall–Kier alpha value is -2.04. The number of phosphoric ester groups is 1. The van der Waals surface area contributed by atoms with Gasteiger partial charge in [-0.2, -0.15) is 0 Å². The number of allylic oxidation sites excluding steroid dienone is 4. The molecule has 3 atom stereocenters. The van der Waals surface area contributed by atoms with Crippen LogP contribution in [0, 0.1) is 0 Å². The minimum atomic E-state index is -4.75. The maximum Gasteiger partial charge on any atom is 0.472 e. The number of carbonyl (C=O) groups is 3. The lowest BCUT2D eigenvalue weighted by Gasteiger charge is -2.18. The van der Waals surface area contributed by atoms with Crippen LogP contribution in [0.5, 0.6) is 0 Å². The van der Waals surface area contributed by atoms with Crippen LogP contribution in [0.1, 0.15) is 200 Å². The standard InChI is InChI=1S/C43H80NO10P/c1-3-5-7-9-11-13-15-17-19-21-22-24-26-28-30-32-34-41(46)44-40(43(48)49)38-54-55(50,51)53-37-39(45)36-52-42(47)35-33-31-29-27-25-23-20-18-16-14-12-10-8-6-4-2/h12,14,18,20,39-40,45H,3-11,13,15-17,19,21-38H2,1-2H3,(H,44,46)(H,48,49)(H,50,51)/b14-12-,20-18-. The SMILES string of the molecule is CCCCC/C=C\C/C=C\CCCCCCCC(=O)OCC(O)COP(=O)(O)OCC(NC(=O)CCCCCCCCCCCCCCCCCC)C(=O)O. The van der Waals surface area contributed by atoms with Gasteiger partial charge in [0.2, 0.25) is 5.91 Å². The van der Waals surface area contributed by atoms with Crippen LogP contribution in [0.3, 0.4) is 0 Å². The number of esters is 1. The average molecular weight is 802 g/mol. The second kappa shape index (κ2) is 38.8. The smallest absolute Gasteiger partial charge is 0.472 e. The fraction of sp³-hybridized carbons (Fsp3) is 0.837. The molecule has 0 aliphatic heterocycles. The topological polar surface area (TPSA) is 169 Å². The van der Waals surface area contributed by atoms with E-state index in [1.54, 1.807) is 0 Å². The molecule has 3 unspecified atom stereocenters. The van der Waals surface area contributed by atoms with Gasteiger partial charge in [0.25, 0.3) is 0 Å². The lowest BCUT2D eigenvalue weighted by Crippen LogP contribution is -2.43. The number of nitrogens with one attached hydrogen (secondary N) is 1. The molecule has 0 bridgehead atoms. The van der Waals surface area contributed by atoms with Crippen LogP contribution in [0.2, 0.25) is 0 Å². The second-order valence-corrected chi connectivity index (χ2v) is 16.3. The molecule has 11 nitrogen and oxygen atoms in total. The number of ether oxygens (including phenoxy) is 1. The van der Waals surface area contributed by atoms with Gasteiger partial charge in [0, 0.05) is 12.8 Å². The molecule has 0 aromatic heterocycles. The van der Waals surface area contributed by atoms with E-state index in [1.807, 2.05) is 0 Å². The summed E-state index contributed by atoms with van der Waals surface area (Å²) in [5.41, 5.74) is 0. The molecule has 12 heteroatoms. The molecule has 0 aromatic carbocycles. The van der Waals surface area contributed by atoms with Crippen molar-refractivity contribution in [3.63, 3.8) is 0 Å². The van der Waals surface area contributed by atoms with Gasteiger partial charge in [-0.3, -0.25) is 18.6 Å². The Labute approximate surface area is 334 Å². The Morgan fingerprint density at radius 2 is 1.00 bits per heavy atom. The number of hydrogen-bond donors (Lipinski definition) is 4. The van der Waals surface area contributed by atoms with Crippen molar-refractivity contribution in [3.05, 3.63) is 24.3 Å². The van der Waals surface area contributed by atoms with Crippen LogP contribution < -0.4 is 5.32 Å². The number of rotatable bonds is 41. The molecule has 1 amide bonds. The molecule has 0 fully saturated rings. The van der Waals surface area contributed by atoms with Crippen molar-refractivity contribution in [1.29, 1.82) is 0 Å². The molecule has 0 saturated heterocycles. The molecule has 0 spiro atoms. The van der Waals surface area contributed by atoms with Crippen molar-refractivity contribution < 1.29 is 47.8 Å². The fourth-order valence-corrected chi connectivity index (χ4v) is 6.82. The van der Waals surface area contributed by atoms with Gasteiger partial charge in [-0.25, -0.2) is 9.36 Å². The molecule has 322 valence electrons. The molecular weight excluding hydrogens is 721 g/mol. The van der Waals surface area contributed by atoms with Crippen LogP contribution in [-0.2, 0) is 32.7 Å². The van der Waals surface area contributed by atoms with E-state index < -0.39 is 57.6 Å². The minimum Gasteiger partial charge on any atom is -0.480 e. The molecule has 4 N–H and O–H groups in total. The predicted octanol–water partition coefficient (Wildman–Crippen LogP) is 11.1. The minimum absolute atomic E-state index is 0.149. The normalized spacial score (nSPS) is 14.0. The van der Waals surface area contributed by atoms with E-state index in [9.17, 15) is 34.1 Å². The van der Waals surface area contributed by atoms with E-state index in [2.05, 4.69) is 43.5 Å². The summed E-state index contributed by atoms with van der Waals surface area (Å²) in [6.07, 6.45) is 39.1. The Bertz CT molecular complexity index is 1040. The summed E-state index contributed by atoms with van der Waals surface area (Å²) >= 11 is 0. The highest BCUT2D eigenvalue weighted by Crippen LogP contribution is 2.43. The lowest BCUT2D eigenvalue weighted by atomic mass is 10.0. The second-order valence-electron chi connectivity index (χ2n) is 14.9. The summed E-state index contributed by atoms with van der Waals surface area (Å²) in [4.78, 5) is 45.9. The van der Waals surface area contributed by atoms with Crippen molar-refractivity contribution in [2.75, 3.05) is 19.8 Å². The molecule has 0 heterocycles. The van der Waals surface area contributed by atoms with Crippen molar-refractivity contribution in [3.8, 4) is 0 Å². The summed E-state index contributed by atoms with van der Waals surface area (Å²) in [6.45, 7) is 2.56. The van der Waals surface area contributed by atoms with E-state index >= 15 is 0 Å². The Balaban J connectivity index is 3.91. The number of amides is 1. The number of carboxylic acid groups (broad SMARTS) is 1. The van der Waals surface area contributed by atoms with Gasteiger partial charge in [-0.1, -0.05) is 167 Å². The quantitative estimate of drug-likeness (QED) is 0.0202. The number of aliphatic hydroxyl groups excluding tert-OH is 1. The first-order valence-corrected chi connectivity index (χ1v) is 23.4. The number of hydrogen-bond acceptors (Lipinski definition) is 8. The lowest BCUT2D eigenvalue weighted by molar-refractivity contribution is -0.147. The zero-order valence-corrected chi connectivity index (χ0v) is 35.6. The maximum absolute atomic E-state index is 12.3. The van der Waals surface area contributed by atoms with Crippen LogP contribution in [0.25, 0.3) is 0 Å². The molecular formula is C43H80NO10P. The number of carboxylic acids is 1. The van der Waals surface area contributed by atoms with Crippen LogP contribution in [-0.4, -0.2) is 64.9 Å². The summed E-state index contributed by atoms with van der Waals surface area (Å²) in [5, 5.41) is 21.8. The number of aliphatic carboxylic acids is 1. The number of phosphoric acid groups is 1. The number of carbonyl (C=O) groups excluding carboxylic acids is 2. The molecule has 0 radical (unpaired) electrons. The highest BCUT2D eigenvalue weighted by Gasteiger charge is 2.28. The van der Waals surface area contributed by atoms with Crippen LogP contribution >= 0.6 is 7.82 Å². The first-order valence-electron chi connectivity index (χ1n) is 21.9. The van der Waals surface area contributed by atoms with Gasteiger partial charge in [-0.15, -0.1) is 0 Å². The zero-order chi connectivity index (χ0) is 40.7. The first kappa shape index (κ1) is 53.0. The Morgan fingerprint density at radius 1 is 0.582 bits per heavy atom. The molecule has 0 aromatic rings. The summed E-state index contributed by atoms with van der Waals surface area (Å²) in [5.74, 6) is -2.38. The van der Waals surface area contributed by atoms with Crippen molar-refractivity contribution in [1.82, 2.24) is 5.32 Å². The van der Waals surface area contributed by atoms with E-state index in [0.29, 0.717) is 12.8 Å². The van der Waals surface area contributed by atoms with Gasteiger partial charge in [-0.05, 0) is 44.9 Å². The van der Waals surface area contributed by atoms with Gasteiger partial charge in [0.05, 0.1) is 13.2 Å². The molecule has 0 saturated carbocycles. The van der Waals surface area contributed by atoms with Gasteiger partial charge in [0.15, 0.2) is 6.04 Å². The first-order chi connectivity index (χ1) is 26.6. The van der Waals surface area contributed by atoms with Gasteiger partial charge < -0.3 is 25.2 Å². The largest absolute Gasteiger partial charge is 0.480 e. The number of unbranched alkanes of at least 4 members (excludes halogenated alkanes) is 23. The van der Waals surface area contributed by atoms with Crippen molar-refractivity contribution in [2.24, 2.45) is 0 Å². The summed E-state index contributed by atoms with van der Waals surface area (Å²) in [6, 6.07) is -1.54. The Morgan fingerprint density at radius 3 is 1.51 bits per heavy atom. The Kier molecular flexibility index (Phi) is 37.4. The highest BCUT2D eigenvalue weighted by molar-refractivity contribution is 7.47. The average Bonchev–Trinajstić information content (AvgIpc) is 3.16. The number of aliphatic hydroxyl groups is 1. The maximum atomic E-state index is 12.3. The molecule has 0 rings (SSSR count). The van der Waals surface area contributed by atoms with Crippen LogP contribution in [0.4, 0.5) is 0 Å². The third kappa shape index (κ3) is 38.6. The highest BCUT2D eigenvalue weighted by atomic mass is 31.2. The summed E-state index contributed by atoms with van der Waals surface area (Å²) in [7, 11) is -4.75. The van der Waals surface area contributed by atoms with E-state index in [-0.39, 0.29) is 12.8 Å². The zero-order valence-electron chi connectivity index (χ0n) is 34.7. The van der Waals surface area contributed by atoms with Crippen molar-refractivity contribution >= 4 is 25.7 Å². The molecule has 0 aliphatic rings. The van der Waals surface area contributed by atoms with Crippen molar-refractivity contribution in [2.45, 2.75) is 212 Å². The van der Waals surface area contributed by atoms with E-state index in [1.165, 1.54) is 96.3 Å². The fourth-order valence-electron chi connectivity index (χ4n) is 6.05. The third-order valence-electron chi connectivity index (χ3n) is 9.49. The monoisotopic (exact) mass is 802 g/mol. The predicted molar refractivity (Wildman–Crippen MR) is 222 cm³/mol. The molecule has 55 heavy (non-hydrogen) atoms.